The van der Waals surface area contributed by atoms with Crippen LogP contribution in [-0.2, 0) is 11.0 Å². The van der Waals surface area contributed by atoms with Crippen LogP contribution in [0.5, 0.6) is 0 Å². The van der Waals surface area contributed by atoms with Gasteiger partial charge in [0.1, 0.15) is 0 Å². The average molecular weight is 497 g/mol. The highest BCUT2D eigenvalue weighted by atomic mass is 19.4. The number of benzene rings is 2. The summed E-state index contributed by atoms with van der Waals surface area (Å²) in [5.41, 5.74) is -0.868. The Morgan fingerprint density at radius 3 is 2.36 bits per heavy atom. The second-order valence-corrected chi connectivity index (χ2v) is 10.1. The zero-order valence-corrected chi connectivity index (χ0v) is 19.7. The summed E-state index contributed by atoms with van der Waals surface area (Å²) in [5.74, 6) is -0.509. The quantitative estimate of drug-likeness (QED) is 0.688. The molecule has 3 fully saturated rings. The molecule has 188 valence electrons. The molecule has 2 aromatic carbocycles. The van der Waals surface area contributed by atoms with Gasteiger partial charge in [-0.15, -0.1) is 0 Å². The number of likely N-dealkylation sites (tertiary alicyclic amines) is 1. The first-order valence-electron chi connectivity index (χ1n) is 12.2. The third-order valence-electron chi connectivity index (χ3n) is 7.75. The van der Waals surface area contributed by atoms with Crippen molar-refractivity contribution in [3.05, 3.63) is 65.2 Å². The van der Waals surface area contributed by atoms with E-state index in [1.54, 1.807) is 23.1 Å². The summed E-state index contributed by atoms with van der Waals surface area (Å²) in [4.78, 5) is 29.9. The standard InChI is InChI=1S/C27H27F3N4O2/c28-27(29,30)22-14-21(9-6-19(22)15-31)34-16-23(24(35)32-20-7-8-20)26(17-34)10-12-33(13-11-26)25(36)18-4-2-1-3-5-18/h1-6,9,14,20,23H,7-8,10-13,16-17H2,(H,32,35). The molecule has 9 heteroatoms. The van der Waals surface area contributed by atoms with Gasteiger partial charge in [-0.2, -0.15) is 18.4 Å². The van der Waals surface area contributed by atoms with Gasteiger partial charge >= 0.3 is 6.18 Å². The van der Waals surface area contributed by atoms with Gasteiger partial charge in [0.15, 0.2) is 0 Å². The number of hydrogen-bond acceptors (Lipinski definition) is 4. The van der Waals surface area contributed by atoms with Gasteiger partial charge in [0.25, 0.3) is 5.91 Å². The van der Waals surface area contributed by atoms with E-state index in [0.29, 0.717) is 50.3 Å². The number of carbonyl (C=O) groups is 2. The molecule has 36 heavy (non-hydrogen) atoms. The molecule has 0 aromatic heterocycles. The zero-order valence-electron chi connectivity index (χ0n) is 19.7. The van der Waals surface area contributed by atoms with E-state index < -0.39 is 28.6 Å². The lowest BCUT2D eigenvalue weighted by atomic mass is 9.70. The van der Waals surface area contributed by atoms with E-state index in [1.807, 2.05) is 23.1 Å². The monoisotopic (exact) mass is 496 g/mol. The van der Waals surface area contributed by atoms with E-state index in [0.717, 1.165) is 18.9 Å². The number of anilines is 1. The second-order valence-electron chi connectivity index (χ2n) is 10.1. The molecule has 2 aromatic rings. The smallest absolute Gasteiger partial charge is 0.370 e. The van der Waals surface area contributed by atoms with Crippen LogP contribution in [-0.4, -0.2) is 48.9 Å². The number of alkyl halides is 3. The molecule has 2 aliphatic heterocycles. The Hall–Kier alpha value is -3.54. The van der Waals surface area contributed by atoms with Crippen LogP contribution in [0, 0.1) is 22.7 Å². The van der Waals surface area contributed by atoms with Crippen LogP contribution in [0.2, 0.25) is 0 Å². The van der Waals surface area contributed by atoms with Crippen LogP contribution in [0.25, 0.3) is 0 Å². The Balaban J connectivity index is 1.39. The van der Waals surface area contributed by atoms with Crippen LogP contribution in [0.1, 0.15) is 47.2 Å². The van der Waals surface area contributed by atoms with Crippen molar-refractivity contribution in [1.82, 2.24) is 10.2 Å². The molecular formula is C27H27F3N4O2. The Morgan fingerprint density at radius 2 is 1.75 bits per heavy atom. The highest BCUT2D eigenvalue weighted by molar-refractivity contribution is 5.94. The first kappa shape index (κ1) is 24.2. The molecule has 0 radical (unpaired) electrons. The molecule has 2 amide bonds. The number of amides is 2. The predicted octanol–water partition coefficient (Wildman–Crippen LogP) is 4.21. The third kappa shape index (κ3) is 4.64. The molecule has 1 atom stereocenters. The second kappa shape index (κ2) is 9.16. The van der Waals surface area contributed by atoms with E-state index in [-0.39, 0.29) is 17.9 Å². The van der Waals surface area contributed by atoms with Gasteiger partial charge in [0.05, 0.1) is 23.1 Å². The van der Waals surface area contributed by atoms with E-state index in [9.17, 15) is 22.8 Å². The van der Waals surface area contributed by atoms with Crippen molar-refractivity contribution in [1.29, 1.82) is 5.26 Å². The van der Waals surface area contributed by atoms with Crippen molar-refractivity contribution >= 4 is 17.5 Å². The fourth-order valence-corrected chi connectivity index (χ4v) is 5.54. The van der Waals surface area contributed by atoms with Crippen molar-refractivity contribution in [2.24, 2.45) is 11.3 Å². The van der Waals surface area contributed by atoms with Crippen molar-refractivity contribution in [2.75, 3.05) is 31.1 Å². The van der Waals surface area contributed by atoms with E-state index >= 15 is 0 Å². The van der Waals surface area contributed by atoms with Crippen molar-refractivity contribution in [3.8, 4) is 6.07 Å². The number of rotatable bonds is 4. The lowest BCUT2D eigenvalue weighted by Crippen LogP contribution is -2.50. The molecule has 1 aliphatic carbocycles. The van der Waals surface area contributed by atoms with Gasteiger partial charge in [0, 0.05) is 48.9 Å². The van der Waals surface area contributed by atoms with E-state index in [1.165, 1.54) is 12.1 Å². The molecule has 1 saturated carbocycles. The lowest BCUT2D eigenvalue weighted by Gasteiger charge is -2.42. The lowest BCUT2D eigenvalue weighted by molar-refractivity contribution is -0.137. The SMILES string of the molecule is N#Cc1ccc(N2CC(C(=O)NC3CC3)C3(CCN(C(=O)c4ccccc4)CC3)C2)cc1C(F)(F)F. The molecule has 3 aliphatic rings. The summed E-state index contributed by atoms with van der Waals surface area (Å²) < 4.78 is 40.8. The number of nitrogens with zero attached hydrogens (tertiary/aromatic N) is 3. The Labute approximate surface area is 207 Å². The number of carbonyl (C=O) groups excluding carboxylic acids is 2. The van der Waals surface area contributed by atoms with Crippen LogP contribution in [0.15, 0.2) is 48.5 Å². The number of piperidine rings is 1. The van der Waals surface area contributed by atoms with Crippen molar-refractivity contribution in [2.45, 2.75) is 37.9 Å². The predicted molar refractivity (Wildman–Crippen MR) is 127 cm³/mol. The molecule has 2 heterocycles. The minimum Gasteiger partial charge on any atom is -0.370 e. The Bertz CT molecular complexity index is 1200. The maximum atomic E-state index is 13.6. The fourth-order valence-electron chi connectivity index (χ4n) is 5.54. The molecule has 1 unspecified atom stereocenters. The third-order valence-corrected chi connectivity index (χ3v) is 7.75. The molecule has 6 nitrogen and oxygen atoms in total. The molecular weight excluding hydrogens is 469 g/mol. The maximum absolute atomic E-state index is 13.6. The normalized spacial score (nSPS) is 21.3. The van der Waals surface area contributed by atoms with Gasteiger partial charge in [-0.25, -0.2) is 0 Å². The van der Waals surface area contributed by atoms with Gasteiger partial charge in [-0.05, 0) is 56.0 Å². The maximum Gasteiger partial charge on any atom is 0.417 e. The molecule has 1 spiro atoms. The van der Waals surface area contributed by atoms with Gasteiger partial charge in [-0.1, -0.05) is 18.2 Å². The minimum atomic E-state index is -4.65. The van der Waals surface area contributed by atoms with E-state index in [2.05, 4.69) is 5.32 Å². The molecule has 1 N–H and O–H groups in total. The molecule has 0 bridgehead atoms. The van der Waals surface area contributed by atoms with Crippen LogP contribution >= 0.6 is 0 Å². The van der Waals surface area contributed by atoms with Gasteiger partial charge in [-0.3, -0.25) is 9.59 Å². The van der Waals surface area contributed by atoms with Gasteiger partial charge in [0.2, 0.25) is 5.91 Å². The number of nitriles is 1. The van der Waals surface area contributed by atoms with Crippen molar-refractivity contribution < 1.29 is 22.8 Å². The number of nitrogens with one attached hydrogen (secondary N) is 1. The largest absolute Gasteiger partial charge is 0.417 e. The van der Waals surface area contributed by atoms with Crippen LogP contribution in [0.4, 0.5) is 18.9 Å². The highest BCUT2D eigenvalue weighted by Gasteiger charge is 2.52. The fraction of sp³-hybridized carbons (Fsp3) is 0.444. The average Bonchev–Trinajstić information content (AvgIpc) is 3.62. The number of hydrogen-bond donors (Lipinski definition) is 1. The van der Waals surface area contributed by atoms with E-state index in [4.69, 9.17) is 5.26 Å². The first-order valence-corrected chi connectivity index (χ1v) is 12.2. The highest BCUT2D eigenvalue weighted by Crippen LogP contribution is 2.47. The molecule has 2 saturated heterocycles. The van der Waals surface area contributed by atoms with Crippen LogP contribution in [0.3, 0.4) is 0 Å². The summed E-state index contributed by atoms with van der Waals surface area (Å²) in [6, 6.07) is 14.6. The first-order chi connectivity index (χ1) is 17.2. The minimum absolute atomic E-state index is 0.0544. The summed E-state index contributed by atoms with van der Waals surface area (Å²) in [6.45, 7) is 1.69. The zero-order chi connectivity index (χ0) is 25.5. The Morgan fingerprint density at radius 1 is 1.06 bits per heavy atom. The topological polar surface area (TPSA) is 76.4 Å². The van der Waals surface area contributed by atoms with Gasteiger partial charge < -0.3 is 15.1 Å². The summed E-state index contributed by atoms with van der Waals surface area (Å²) in [6.07, 6.45) is -1.58. The number of halogens is 3. The summed E-state index contributed by atoms with van der Waals surface area (Å²) >= 11 is 0. The summed E-state index contributed by atoms with van der Waals surface area (Å²) in [7, 11) is 0. The summed E-state index contributed by atoms with van der Waals surface area (Å²) in [5, 5.41) is 12.2. The molecule has 5 rings (SSSR count). The van der Waals surface area contributed by atoms with Crippen molar-refractivity contribution in [3.63, 3.8) is 0 Å². The Kier molecular flexibility index (Phi) is 6.15. The van der Waals surface area contributed by atoms with Crippen LogP contribution < -0.4 is 10.2 Å².